The normalized spacial score (nSPS) is 14.1. The lowest BCUT2D eigenvalue weighted by atomic mass is 10.0. The van der Waals surface area contributed by atoms with E-state index in [4.69, 9.17) is 4.74 Å². The fourth-order valence-corrected chi connectivity index (χ4v) is 1.33. The highest BCUT2D eigenvalue weighted by Gasteiger charge is 2.18. The van der Waals surface area contributed by atoms with E-state index in [-0.39, 0.29) is 12.6 Å². The molecule has 0 aliphatic heterocycles. The zero-order chi connectivity index (χ0) is 11.0. The number of hydrogen-bond acceptors (Lipinski definition) is 4. The summed E-state index contributed by atoms with van der Waals surface area (Å²) in [6.07, 6.45) is 2.00. The summed E-state index contributed by atoms with van der Waals surface area (Å²) in [5.41, 5.74) is 0. The van der Waals surface area contributed by atoms with E-state index in [1.54, 1.807) is 0 Å². The lowest BCUT2D eigenvalue weighted by Gasteiger charge is -2.21. The van der Waals surface area contributed by atoms with Crippen molar-refractivity contribution >= 4 is 5.97 Å². The van der Waals surface area contributed by atoms with E-state index >= 15 is 0 Å². The third-order valence-corrected chi connectivity index (χ3v) is 2.20. The Labute approximate surface area is 91.0 Å². The predicted octanol–water partition coefficient (Wildman–Crippen LogP) is 0.459. The van der Waals surface area contributed by atoms with E-state index in [0.29, 0.717) is 6.42 Å². The molecule has 0 radical (unpaired) electrons. The van der Waals surface area contributed by atoms with Gasteiger partial charge in [-0.3, -0.25) is 0 Å². The molecule has 0 fully saturated rings. The Morgan fingerprint density at radius 3 is 2.47 bits per heavy atom. The number of carbonyl (C=O) groups excluding carboxylic acids is 1. The van der Waals surface area contributed by atoms with Gasteiger partial charge in [-0.05, 0) is 6.42 Å². The number of hydrogen-bond donors (Lipinski definition) is 2. The molecule has 5 nitrogen and oxygen atoms in total. The van der Waals surface area contributed by atoms with Gasteiger partial charge in [-0.1, -0.05) is 26.2 Å². The van der Waals surface area contributed by atoms with Crippen LogP contribution in [0.1, 0.15) is 39.0 Å². The molecule has 0 bridgehead atoms. The van der Waals surface area contributed by atoms with Crippen molar-refractivity contribution in [2.75, 3.05) is 7.11 Å². The molecule has 0 aliphatic carbocycles. The van der Waals surface area contributed by atoms with Crippen molar-refractivity contribution in [3.05, 3.63) is 0 Å². The minimum absolute atomic E-state index is 0. The second kappa shape index (κ2) is 9.89. The number of carboxylic acids is 1. The van der Waals surface area contributed by atoms with Gasteiger partial charge >= 0.3 is 0 Å². The first kappa shape index (κ1) is 16.8. The Bertz CT molecular complexity index is 164. The summed E-state index contributed by atoms with van der Waals surface area (Å²) in [6.45, 7) is 2.07. The minimum Gasteiger partial charge on any atom is -0.550 e. The maximum atomic E-state index is 10.3. The third-order valence-electron chi connectivity index (χ3n) is 2.20. The van der Waals surface area contributed by atoms with Gasteiger partial charge in [0.15, 0.2) is 0 Å². The number of aliphatic carboxylic acids is 1. The molecule has 0 aliphatic rings. The second-order valence-electron chi connectivity index (χ2n) is 3.41. The van der Waals surface area contributed by atoms with Crippen LogP contribution in [0.25, 0.3) is 0 Å². The van der Waals surface area contributed by atoms with E-state index in [9.17, 15) is 15.0 Å². The number of methoxy groups -OCH3 is 1. The molecule has 5 N–H and O–H groups in total. The number of carboxylic acid groups (broad SMARTS) is 1. The molecule has 0 spiro atoms. The van der Waals surface area contributed by atoms with Gasteiger partial charge in [0.2, 0.25) is 0 Å². The Hall–Kier alpha value is -0.650. The van der Waals surface area contributed by atoms with Crippen LogP contribution in [0.2, 0.25) is 0 Å². The summed E-state index contributed by atoms with van der Waals surface area (Å²) >= 11 is 0. The number of quaternary nitrogens is 1. The third kappa shape index (κ3) is 8.35. The summed E-state index contributed by atoms with van der Waals surface area (Å²) < 4.78 is 4.88. The van der Waals surface area contributed by atoms with Gasteiger partial charge in [-0.15, -0.1) is 0 Å². The second-order valence-corrected chi connectivity index (χ2v) is 3.41. The van der Waals surface area contributed by atoms with E-state index in [2.05, 4.69) is 6.92 Å². The standard InChI is InChI=1S/C10H20O4.H3N/c1-3-4-5-6-8(11)9(14-2)7-10(12)13;/h8-9,11H,3-7H2,1-2H3,(H,12,13);1H3. The lowest BCUT2D eigenvalue weighted by molar-refractivity contribution is -0.308. The fraction of sp³-hybridized carbons (Fsp3) is 0.900. The zero-order valence-electron chi connectivity index (χ0n) is 9.86. The maximum Gasteiger partial charge on any atom is 0.0882 e. The summed E-state index contributed by atoms with van der Waals surface area (Å²) in [5.74, 6) is -1.19. The number of carbonyl (C=O) groups is 1. The van der Waals surface area contributed by atoms with Crippen LogP contribution >= 0.6 is 0 Å². The average molecular weight is 221 g/mol. The first-order valence-electron chi connectivity index (χ1n) is 5.02. The van der Waals surface area contributed by atoms with Crippen LogP contribution in [0.5, 0.6) is 0 Å². The molecular weight excluding hydrogens is 198 g/mol. The van der Waals surface area contributed by atoms with Crippen molar-refractivity contribution in [2.45, 2.75) is 51.2 Å². The predicted molar refractivity (Wildman–Crippen MR) is 56.6 cm³/mol. The summed E-state index contributed by atoms with van der Waals surface area (Å²) in [6, 6.07) is 0. The fourth-order valence-electron chi connectivity index (χ4n) is 1.33. The molecular formula is C10H23NO4. The molecule has 0 saturated carbocycles. The molecule has 2 atom stereocenters. The summed E-state index contributed by atoms with van der Waals surface area (Å²) in [4.78, 5) is 10.3. The molecule has 2 unspecified atom stereocenters. The van der Waals surface area contributed by atoms with Crippen LogP contribution in [-0.2, 0) is 9.53 Å². The van der Waals surface area contributed by atoms with Crippen LogP contribution in [0.3, 0.4) is 0 Å². The van der Waals surface area contributed by atoms with E-state index in [0.717, 1.165) is 19.3 Å². The largest absolute Gasteiger partial charge is 0.550 e. The average Bonchev–Trinajstić information content (AvgIpc) is 2.14. The Kier molecular flexibility index (Phi) is 11.1. The van der Waals surface area contributed by atoms with Gasteiger partial charge in [-0.2, -0.15) is 0 Å². The van der Waals surface area contributed by atoms with Crippen molar-refractivity contribution in [3.63, 3.8) is 0 Å². The van der Waals surface area contributed by atoms with Crippen molar-refractivity contribution in [2.24, 2.45) is 0 Å². The van der Waals surface area contributed by atoms with Gasteiger partial charge in [0.05, 0.1) is 12.2 Å². The summed E-state index contributed by atoms with van der Waals surface area (Å²) in [5, 5.41) is 19.9. The number of aliphatic hydroxyl groups excluding tert-OH is 1. The van der Waals surface area contributed by atoms with Gasteiger partial charge in [0, 0.05) is 19.5 Å². The topological polar surface area (TPSA) is 106 Å². The number of unbranched alkanes of at least 4 members (excludes halogenated alkanes) is 2. The summed E-state index contributed by atoms with van der Waals surface area (Å²) in [7, 11) is 1.40. The number of rotatable bonds is 8. The van der Waals surface area contributed by atoms with Crippen molar-refractivity contribution in [3.8, 4) is 0 Å². The molecule has 0 amide bonds. The minimum atomic E-state index is -1.19. The smallest absolute Gasteiger partial charge is 0.0882 e. The van der Waals surface area contributed by atoms with Crippen LogP contribution < -0.4 is 11.3 Å². The van der Waals surface area contributed by atoms with Gasteiger partial charge in [-0.25, -0.2) is 0 Å². The first-order valence-corrected chi connectivity index (χ1v) is 5.02. The van der Waals surface area contributed by atoms with Crippen molar-refractivity contribution < 1.29 is 19.7 Å². The van der Waals surface area contributed by atoms with Crippen molar-refractivity contribution in [1.82, 2.24) is 6.15 Å². The van der Waals surface area contributed by atoms with E-state index in [1.165, 1.54) is 7.11 Å². The first-order chi connectivity index (χ1) is 6.61. The van der Waals surface area contributed by atoms with Crippen molar-refractivity contribution in [1.29, 1.82) is 0 Å². The van der Waals surface area contributed by atoms with Gasteiger partial charge < -0.3 is 25.9 Å². The Morgan fingerprint density at radius 1 is 1.47 bits per heavy atom. The monoisotopic (exact) mass is 221 g/mol. The molecule has 0 rings (SSSR count). The lowest BCUT2D eigenvalue weighted by Crippen LogP contribution is -2.35. The molecule has 15 heavy (non-hydrogen) atoms. The zero-order valence-corrected chi connectivity index (χ0v) is 9.86. The molecule has 0 aromatic carbocycles. The highest BCUT2D eigenvalue weighted by molar-refractivity contribution is 5.64. The van der Waals surface area contributed by atoms with Gasteiger partial charge in [0.25, 0.3) is 0 Å². The van der Waals surface area contributed by atoms with Crippen LogP contribution in [0.15, 0.2) is 0 Å². The molecule has 92 valence electrons. The highest BCUT2D eigenvalue weighted by atomic mass is 16.5. The van der Waals surface area contributed by atoms with Crippen LogP contribution in [0, 0.1) is 0 Å². The number of ether oxygens (including phenoxy) is 1. The molecule has 0 heterocycles. The molecule has 0 saturated heterocycles. The molecule has 0 aromatic rings. The SMILES string of the molecule is CCCCCC(O)C(CC(=O)[O-])OC.[NH4+]. The molecule has 5 heteroatoms. The van der Waals surface area contributed by atoms with E-state index in [1.807, 2.05) is 0 Å². The number of aliphatic hydroxyl groups is 1. The molecule has 0 aromatic heterocycles. The maximum absolute atomic E-state index is 10.3. The van der Waals surface area contributed by atoms with Crippen LogP contribution in [0.4, 0.5) is 0 Å². The quantitative estimate of drug-likeness (QED) is 0.580. The van der Waals surface area contributed by atoms with Gasteiger partial charge in [0.1, 0.15) is 0 Å². The Morgan fingerprint density at radius 2 is 2.07 bits per heavy atom. The van der Waals surface area contributed by atoms with E-state index < -0.39 is 18.2 Å². The highest BCUT2D eigenvalue weighted by Crippen LogP contribution is 2.11. The Balaban J connectivity index is 0. The van der Waals surface area contributed by atoms with Crippen LogP contribution in [-0.4, -0.2) is 30.4 Å².